The normalized spacial score (nSPS) is 19.6. The van der Waals surface area contributed by atoms with Crippen LogP contribution < -0.4 is 10.9 Å². The third kappa shape index (κ3) is 3.07. The average Bonchev–Trinajstić information content (AvgIpc) is 3.03. The second-order valence-corrected chi connectivity index (χ2v) is 6.80. The zero-order valence-electron chi connectivity index (χ0n) is 14.3. The van der Waals surface area contributed by atoms with Gasteiger partial charge in [0.25, 0.3) is 5.56 Å². The van der Waals surface area contributed by atoms with Gasteiger partial charge in [-0.15, -0.1) is 0 Å². The number of pyridine rings is 1. The van der Waals surface area contributed by atoms with Gasteiger partial charge in [0.2, 0.25) is 0 Å². The van der Waals surface area contributed by atoms with Crippen LogP contribution in [0.4, 0.5) is 0 Å². The quantitative estimate of drug-likeness (QED) is 0.770. The topological polar surface area (TPSA) is 57.2 Å². The standard InChI is InChI=1S/C21H21N3O/c1-21(16-8-3-2-4-9-16)14-22-19(24-21)12-11-17-13-15-7-5-6-10-18(15)20(25)23-17/h2-10,13H,11-12,14H2,1H3,(H,22,24)(H,23,25). The Bertz CT molecular complexity index is 991. The molecule has 0 radical (unpaired) electrons. The van der Waals surface area contributed by atoms with Crippen molar-refractivity contribution in [3.05, 3.63) is 82.3 Å². The number of aromatic amines is 1. The van der Waals surface area contributed by atoms with Gasteiger partial charge in [-0.2, -0.15) is 0 Å². The molecule has 0 amide bonds. The van der Waals surface area contributed by atoms with Crippen LogP contribution in [-0.4, -0.2) is 17.4 Å². The van der Waals surface area contributed by atoms with Gasteiger partial charge in [-0.25, -0.2) is 0 Å². The Morgan fingerprint density at radius 3 is 2.64 bits per heavy atom. The second-order valence-electron chi connectivity index (χ2n) is 6.80. The van der Waals surface area contributed by atoms with E-state index in [0.29, 0.717) is 0 Å². The van der Waals surface area contributed by atoms with Crippen molar-refractivity contribution >= 4 is 16.6 Å². The maximum absolute atomic E-state index is 12.2. The lowest BCUT2D eigenvalue weighted by Gasteiger charge is -2.25. The fourth-order valence-corrected chi connectivity index (χ4v) is 3.42. The largest absolute Gasteiger partial charge is 0.363 e. The minimum atomic E-state index is -0.145. The number of hydrogen-bond acceptors (Lipinski definition) is 3. The first-order chi connectivity index (χ1) is 12.1. The Labute approximate surface area is 146 Å². The van der Waals surface area contributed by atoms with E-state index in [1.807, 2.05) is 30.3 Å². The second kappa shape index (κ2) is 6.20. The summed E-state index contributed by atoms with van der Waals surface area (Å²) in [5, 5.41) is 5.28. The van der Waals surface area contributed by atoms with Crippen molar-refractivity contribution in [2.75, 3.05) is 6.54 Å². The fraction of sp³-hybridized carbons (Fsp3) is 0.238. The van der Waals surface area contributed by atoms with E-state index in [2.05, 4.69) is 52.5 Å². The maximum atomic E-state index is 12.2. The Kier molecular flexibility index (Phi) is 3.88. The van der Waals surface area contributed by atoms with Gasteiger partial charge in [-0.3, -0.25) is 9.79 Å². The molecule has 0 aliphatic carbocycles. The monoisotopic (exact) mass is 331 g/mol. The van der Waals surface area contributed by atoms with Gasteiger partial charge in [0.1, 0.15) is 0 Å². The number of amidine groups is 1. The lowest BCUT2D eigenvalue weighted by atomic mass is 9.93. The van der Waals surface area contributed by atoms with Gasteiger partial charge in [0.15, 0.2) is 0 Å². The molecule has 2 aromatic carbocycles. The van der Waals surface area contributed by atoms with Crippen LogP contribution in [0.1, 0.15) is 24.6 Å². The molecule has 1 aromatic heterocycles. The van der Waals surface area contributed by atoms with Gasteiger partial charge in [-0.1, -0.05) is 48.5 Å². The first-order valence-electron chi connectivity index (χ1n) is 8.62. The molecule has 126 valence electrons. The predicted molar refractivity (Wildman–Crippen MR) is 102 cm³/mol. The van der Waals surface area contributed by atoms with E-state index in [1.54, 1.807) is 0 Å². The summed E-state index contributed by atoms with van der Waals surface area (Å²) in [6.45, 7) is 2.91. The Morgan fingerprint density at radius 2 is 1.80 bits per heavy atom. The van der Waals surface area contributed by atoms with Crippen molar-refractivity contribution < 1.29 is 0 Å². The van der Waals surface area contributed by atoms with Gasteiger partial charge >= 0.3 is 0 Å². The van der Waals surface area contributed by atoms with Crippen molar-refractivity contribution in [1.82, 2.24) is 10.3 Å². The molecule has 0 spiro atoms. The summed E-state index contributed by atoms with van der Waals surface area (Å²) >= 11 is 0. The highest BCUT2D eigenvalue weighted by Crippen LogP contribution is 2.25. The number of nitrogens with one attached hydrogen (secondary N) is 2. The minimum Gasteiger partial charge on any atom is -0.363 e. The summed E-state index contributed by atoms with van der Waals surface area (Å²) in [4.78, 5) is 19.8. The van der Waals surface area contributed by atoms with E-state index < -0.39 is 0 Å². The highest BCUT2D eigenvalue weighted by molar-refractivity contribution is 5.85. The number of hydrogen-bond donors (Lipinski definition) is 2. The molecule has 1 aliphatic rings. The summed E-state index contributed by atoms with van der Waals surface area (Å²) in [5.74, 6) is 1.00. The van der Waals surface area contributed by atoms with E-state index >= 15 is 0 Å². The number of H-pyrrole nitrogens is 1. The van der Waals surface area contributed by atoms with Crippen LogP contribution in [0.2, 0.25) is 0 Å². The number of benzene rings is 2. The highest BCUT2D eigenvalue weighted by Gasteiger charge is 2.31. The molecular weight excluding hydrogens is 310 g/mol. The third-order valence-electron chi connectivity index (χ3n) is 4.86. The van der Waals surface area contributed by atoms with Crippen LogP contribution in [-0.2, 0) is 12.0 Å². The summed E-state index contributed by atoms with van der Waals surface area (Å²) in [7, 11) is 0. The molecule has 1 unspecified atom stereocenters. The molecule has 3 aromatic rings. The van der Waals surface area contributed by atoms with E-state index in [9.17, 15) is 4.79 Å². The number of fused-ring (bicyclic) bond motifs is 1. The Balaban J connectivity index is 1.47. The van der Waals surface area contributed by atoms with Crippen molar-refractivity contribution in [2.45, 2.75) is 25.3 Å². The van der Waals surface area contributed by atoms with E-state index in [1.165, 1.54) is 5.56 Å². The third-order valence-corrected chi connectivity index (χ3v) is 4.86. The van der Waals surface area contributed by atoms with Crippen LogP contribution >= 0.6 is 0 Å². The van der Waals surface area contributed by atoms with E-state index in [0.717, 1.165) is 41.7 Å². The first-order valence-corrected chi connectivity index (χ1v) is 8.62. The molecule has 25 heavy (non-hydrogen) atoms. The van der Waals surface area contributed by atoms with Crippen LogP contribution in [0.15, 0.2) is 70.5 Å². The number of aromatic nitrogens is 1. The molecule has 4 nitrogen and oxygen atoms in total. The van der Waals surface area contributed by atoms with Gasteiger partial charge in [0, 0.05) is 17.5 Å². The lowest BCUT2D eigenvalue weighted by Crippen LogP contribution is -2.40. The van der Waals surface area contributed by atoms with Gasteiger partial charge in [-0.05, 0) is 36.4 Å². The molecule has 2 N–H and O–H groups in total. The molecule has 0 saturated heterocycles. The van der Waals surface area contributed by atoms with E-state index in [4.69, 9.17) is 0 Å². The van der Waals surface area contributed by atoms with Crippen molar-refractivity contribution in [1.29, 1.82) is 0 Å². The first kappa shape index (κ1) is 15.6. The van der Waals surface area contributed by atoms with Crippen LogP contribution in [0.3, 0.4) is 0 Å². The summed E-state index contributed by atoms with van der Waals surface area (Å²) in [6, 6.07) is 20.1. The average molecular weight is 331 g/mol. The smallest absolute Gasteiger partial charge is 0.256 e. The molecule has 4 heteroatoms. The molecule has 1 aliphatic heterocycles. The Hall–Kier alpha value is -2.88. The molecule has 0 bridgehead atoms. The lowest BCUT2D eigenvalue weighted by molar-refractivity contribution is 0.479. The minimum absolute atomic E-state index is 0.0245. The van der Waals surface area contributed by atoms with Crippen molar-refractivity contribution in [3.8, 4) is 0 Å². The molecule has 0 saturated carbocycles. The van der Waals surface area contributed by atoms with Gasteiger partial charge < -0.3 is 10.3 Å². The zero-order valence-corrected chi connectivity index (χ0v) is 14.3. The van der Waals surface area contributed by atoms with Crippen molar-refractivity contribution in [2.24, 2.45) is 4.99 Å². The number of aliphatic imine (C=N–C) groups is 1. The number of rotatable bonds is 4. The maximum Gasteiger partial charge on any atom is 0.256 e. The predicted octanol–water partition coefficient (Wildman–Crippen LogP) is 3.38. The summed E-state index contributed by atoms with van der Waals surface area (Å²) < 4.78 is 0. The number of aryl methyl sites for hydroxylation is 1. The zero-order chi connectivity index (χ0) is 17.3. The van der Waals surface area contributed by atoms with Crippen LogP contribution in [0.5, 0.6) is 0 Å². The molecule has 2 heterocycles. The molecule has 4 rings (SSSR count). The van der Waals surface area contributed by atoms with Crippen LogP contribution in [0.25, 0.3) is 10.8 Å². The van der Waals surface area contributed by atoms with Crippen LogP contribution in [0, 0.1) is 0 Å². The van der Waals surface area contributed by atoms with E-state index in [-0.39, 0.29) is 11.1 Å². The highest BCUT2D eigenvalue weighted by atomic mass is 16.1. The molecule has 0 fully saturated rings. The molecule has 1 atom stereocenters. The summed E-state index contributed by atoms with van der Waals surface area (Å²) in [5.41, 5.74) is 2.02. The summed E-state index contributed by atoms with van der Waals surface area (Å²) in [6.07, 6.45) is 1.55. The number of nitrogens with zero attached hydrogens (tertiary/aromatic N) is 1. The molecular formula is C21H21N3O. The fourth-order valence-electron chi connectivity index (χ4n) is 3.42. The SMILES string of the molecule is CC1(c2ccccc2)CN=C(CCc2cc3ccccc3c(=O)[nH]2)N1. The van der Waals surface area contributed by atoms with Gasteiger partial charge in [0.05, 0.1) is 17.9 Å². The Morgan fingerprint density at radius 1 is 1.04 bits per heavy atom. The van der Waals surface area contributed by atoms with Crippen molar-refractivity contribution in [3.63, 3.8) is 0 Å².